The number of hydrogen-bond acceptors (Lipinski definition) is 4. The van der Waals surface area contributed by atoms with Crippen molar-refractivity contribution in [2.24, 2.45) is 0 Å². The second-order valence-electron chi connectivity index (χ2n) is 18.0. The fourth-order valence-corrected chi connectivity index (χ4v) is 10.9. The summed E-state index contributed by atoms with van der Waals surface area (Å²) in [5.41, 5.74) is 10.6. The van der Waals surface area contributed by atoms with Gasteiger partial charge in [0.15, 0.2) is 17.5 Å². The van der Waals surface area contributed by atoms with Gasteiger partial charge in [-0.1, -0.05) is 152 Å². The van der Waals surface area contributed by atoms with Crippen LogP contribution in [0.3, 0.4) is 0 Å². The number of rotatable bonds is 5. The number of fused-ring (bicyclic) bond motifs is 12. The second-order valence-corrected chi connectivity index (χ2v) is 18.0. The Morgan fingerprint density at radius 1 is 0.304 bits per heavy atom. The van der Waals surface area contributed by atoms with Crippen molar-refractivity contribution in [3.63, 3.8) is 0 Å². The fraction of sp³-hybridized carbons (Fsp3) is 0. The quantitative estimate of drug-likeness (QED) is 0.173. The zero-order valence-electron chi connectivity index (χ0n) is 37.0. The Morgan fingerprint density at radius 3 is 1.58 bits per heavy atom. The number of nitrogens with zero attached hydrogens (tertiary/aromatic N) is 5. The lowest BCUT2D eigenvalue weighted by molar-refractivity contribution is 0.669. The minimum Gasteiger partial charge on any atom is -0.455 e. The van der Waals surface area contributed by atoms with Crippen molar-refractivity contribution in [3.05, 3.63) is 224 Å². The predicted molar refractivity (Wildman–Crippen MR) is 285 cm³/mol. The molecule has 11 aromatic carbocycles. The van der Waals surface area contributed by atoms with E-state index in [0.717, 1.165) is 93.6 Å². The smallest absolute Gasteiger partial charge is 0.167 e. The zero-order valence-corrected chi connectivity index (χ0v) is 37.0. The molecule has 0 saturated heterocycles. The lowest BCUT2D eigenvalue weighted by Gasteiger charge is -2.14. The third kappa shape index (κ3) is 5.76. The van der Waals surface area contributed by atoms with Crippen molar-refractivity contribution in [2.75, 3.05) is 0 Å². The molecule has 0 spiro atoms. The van der Waals surface area contributed by atoms with E-state index < -0.39 is 0 Å². The van der Waals surface area contributed by atoms with Crippen LogP contribution in [0.5, 0.6) is 0 Å². The Kier molecular flexibility index (Phi) is 7.97. The number of aromatic nitrogens is 5. The molecule has 4 aromatic heterocycles. The standard InChI is InChI=1S/C63H37N5O/c1-2-21-45(22-3-1)67-54-26-12-10-24-48(54)59-49(25-14-27-55(59)67)62-64-61(44-30-29-38-15-4-5-16-39(38)31-44)65-63(66-62)53-37-46(36-52-47-23-11-13-28-58(47)69-60(52)53)68-56-34-42-19-8-6-17-40(42)32-50(56)51-33-41-18-7-9-20-43(41)35-57(51)68/h1-37H. The third-order valence-electron chi connectivity index (χ3n) is 14.1. The molecule has 6 heteroatoms. The minimum absolute atomic E-state index is 0.523. The summed E-state index contributed by atoms with van der Waals surface area (Å²) in [6.45, 7) is 0. The maximum absolute atomic E-state index is 6.92. The van der Waals surface area contributed by atoms with Gasteiger partial charge in [0, 0.05) is 54.8 Å². The van der Waals surface area contributed by atoms with Crippen molar-refractivity contribution < 1.29 is 4.42 Å². The highest BCUT2D eigenvalue weighted by molar-refractivity contribution is 6.18. The second kappa shape index (κ2) is 14.6. The molecular weight excluding hydrogens is 843 g/mol. The van der Waals surface area contributed by atoms with Crippen LogP contribution in [0, 0.1) is 0 Å². The third-order valence-corrected chi connectivity index (χ3v) is 14.1. The van der Waals surface area contributed by atoms with Crippen molar-refractivity contribution in [1.82, 2.24) is 24.1 Å². The molecule has 0 bridgehead atoms. The van der Waals surface area contributed by atoms with E-state index >= 15 is 0 Å². The molecule has 15 rings (SSSR count). The van der Waals surface area contributed by atoms with Gasteiger partial charge in [0.05, 0.1) is 27.6 Å². The van der Waals surface area contributed by atoms with Crippen LogP contribution in [0.1, 0.15) is 0 Å². The van der Waals surface area contributed by atoms with Gasteiger partial charge in [0.25, 0.3) is 0 Å². The van der Waals surface area contributed by atoms with Crippen LogP contribution < -0.4 is 0 Å². The van der Waals surface area contributed by atoms with Crippen molar-refractivity contribution >= 4 is 97.9 Å². The molecule has 0 saturated carbocycles. The molecule has 0 fully saturated rings. The summed E-state index contributed by atoms with van der Waals surface area (Å²) < 4.78 is 11.7. The molecule has 4 heterocycles. The van der Waals surface area contributed by atoms with Gasteiger partial charge in [0.1, 0.15) is 11.2 Å². The molecule has 0 aliphatic carbocycles. The SMILES string of the molecule is c1ccc(-n2c3ccccc3c3c(-c4nc(-c5ccc6ccccc6c5)nc(-c5cc(-n6c7cc8ccccc8cc7c7cc8ccccc8cc76)cc6c5oc5ccccc56)n4)cccc32)cc1. The first-order valence-corrected chi connectivity index (χ1v) is 23.3. The number of para-hydroxylation sites is 3. The Balaban J connectivity index is 1.06. The summed E-state index contributed by atoms with van der Waals surface area (Å²) in [5.74, 6) is 1.68. The van der Waals surface area contributed by atoms with Gasteiger partial charge in [-0.15, -0.1) is 0 Å². The molecule has 69 heavy (non-hydrogen) atoms. The Hall–Kier alpha value is -9.39. The molecule has 0 aliphatic rings. The van der Waals surface area contributed by atoms with Gasteiger partial charge >= 0.3 is 0 Å². The van der Waals surface area contributed by atoms with E-state index in [2.05, 4.69) is 221 Å². The number of furan rings is 1. The molecule has 0 unspecified atom stereocenters. The molecule has 15 aromatic rings. The first-order valence-electron chi connectivity index (χ1n) is 23.3. The molecule has 0 aliphatic heterocycles. The topological polar surface area (TPSA) is 61.7 Å². The monoisotopic (exact) mass is 879 g/mol. The largest absolute Gasteiger partial charge is 0.455 e. The predicted octanol–water partition coefficient (Wildman–Crippen LogP) is 16.4. The molecular formula is C63H37N5O. The Morgan fingerprint density at radius 2 is 0.855 bits per heavy atom. The molecule has 0 atom stereocenters. The first kappa shape index (κ1) is 37.8. The van der Waals surface area contributed by atoms with E-state index in [-0.39, 0.29) is 0 Å². The van der Waals surface area contributed by atoms with Gasteiger partial charge in [-0.25, -0.2) is 15.0 Å². The van der Waals surface area contributed by atoms with Crippen molar-refractivity contribution in [1.29, 1.82) is 0 Å². The lowest BCUT2D eigenvalue weighted by atomic mass is 10.0. The molecule has 6 nitrogen and oxygen atoms in total. The Bertz CT molecular complexity index is 4520. The van der Waals surface area contributed by atoms with E-state index in [4.69, 9.17) is 19.4 Å². The van der Waals surface area contributed by atoms with Gasteiger partial charge in [-0.2, -0.15) is 0 Å². The highest BCUT2D eigenvalue weighted by atomic mass is 16.3. The fourth-order valence-electron chi connectivity index (χ4n) is 10.9. The zero-order chi connectivity index (χ0) is 45.2. The molecule has 0 radical (unpaired) electrons. The maximum Gasteiger partial charge on any atom is 0.167 e. The molecule has 0 amide bonds. The summed E-state index contributed by atoms with van der Waals surface area (Å²) in [4.78, 5) is 16.4. The average Bonchev–Trinajstić information content (AvgIpc) is 4.06. The number of hydrogen-bond donors (Lipinski definition) is 0. The van der Waals surface area contributed by atoms with Crippen molar-refractivity contribution in [2.45, 2.75) is 0 Å². The molecule has 0 N–H and O–H groups in total. The average molecular weight is 880 g/mol. The first-order chi connectivity index (χ1) is 34.2. The van der Waals surface area contributed by atoms with Crippen LogP contribution in [-0.4, -0.2) is 24.1 Å². The van der Waals surface area contributed by atoms with Gasteiger partial charge in [-0.3, -0.25) is 0 Å². The summed E-state index contributed by atoms with van der Waals surface area (Å²) in [5, 5.41) is 13.6. The highest BCUT2D eigenvalue weighted by Crippen LogP contribution is 2.43. The van der Waals surface area contributed by atoms with Gasteiger partial charge in [-0.05, 0) is 105 Å². The van der Waals surface area contributed by atoms with E-state index in [9.17, 15) is 0 Å². The summed E-state index contributed by atoms with van der Waals surface area (Å²) in [6.07, 6.45) is 0. The van der Waals surface area contributed by atoms with Crippen LogP contribution in [0.25, 0.3) is 143 Å². The lowest BCUT2D eigenvalue weighted by Crippen LogP contribution is -2.02. The van der Waals surface area contributed by atoms with Crippen LogP contribution >= 0.6 is 0 Å². The van der Waals surface area contributed by atoms with Crippen LogP contribution in [0.2, 0.25) is 0 Å². The van der Waals surface area contributed by atoms with E-state index in [0.29, 0.717) is 17.5 Å². The highest BCUT2D eigenvalue weighted by Gasteiger charge is 2.24. The van der Waals surface area contributed by atoms with E-state index in [1.807, 2.05) is 12.1 Å². The maximum atomic E-state index is 6.92. The minimum atomic E-state index is 0.523. The summed E-state index contributed by atoms with van der Waals surface area (Å²) in [6, 6.07) is 79.9. The normalized spacial score (nSPS) is 12.1. The van der Waals surface area contributed by atoms with E-state index in [1.165, 1.54) is 32.3 Å². The number of benzene rings is 11. The van der Waals surface area contributed by atoms with Crippen molar-refractivity contribution in [3.8, 4) is 45.5 Å². The summed E-state index contributed by atoms with van der Waals surface area (Å²) >= 11 is 0. The summed E-state index contributed by atoms with van der Waals surface area (Å²) in [7, 11) is 0. The van der Waals surface area contributed by atoms with Crippen LogP contribution in [0.4, 0.5) is 0 Å². The van der Waals surface area contributed by atoms with Gasteiger partial charge < -0.3 is 13.6 Å². The van der Waals surface area contributed by atoms with Crippen LogP contribution in [-0.2, 0) is 0 Å². The molecule has 320 valence electrons. The van der Waals surface area contributed by atoms with Crippen LogP contribution in [0.15, 0.2) is 229 Å². The van der Waals surface area contributed by atoms with Gasteiger partial charge in [0.2, 0.25) is 0 Å². The van der Waals surface area contributed by atoms with E-state index in [1.54, 1.807) is 0 Å². The Labute approximate surface area is 394 Å².